The smallest absolute Gasteiger partial charge is 0.307 e. The van der Waals surface area contributed by atoms with Gasteiger partial charge in [-0.1, -0.05) is 0 Å². The first-order valence-corrected chi connectivity index (χ1v) is 5.72. The van der Waals surface area contributed by atoms with Crippen LogP contribution in [0.25, 0.3) is 0 Å². The van der Waals surface area contributed by atoms with Gasteiger partial charge in [-0.3, -0.25) is 9.59 Å². The number of hydrogen-bond acceptors (Lipinski definition) is 3. The van der Waals surface area contributed by atoms with Crippen molar-refractivity contribution in [2.24, 2.45) is 11.8 Å². The number of carboxylic acid groups (broad SMARTS) is 1. The van der Waals surface area contributed by atoms with Crippen LogP contribution in [-0.2, 0) is 14.3 Å². The summed E-state index contributed by atoms with van der Waals surface area (Å²) in [5.74, 6) is -1.62. The third-order valence-electron chi connectivity index (χ3n) is 3.56. The molecule has 3 atom stereocenters. The van der Waals surface area contributed by atoms with Gasteiger partial charge in [-0.25, -0.2) is 0 Å². The number of carboxylic acids is 1. The van der Waals surface area contributed by atoms with Crippen molar-refractivity contribution in [2.75, 3.05) is 19.8 Å². The first kappa shape index (κ1) is 11.4. The first-order valence-electron chi connectivity index (χ1n) is 5.72. The van der Waals surface area contributed by atoms with E-state index in [1.54, 1.807) is 4.90 Å². The topological polar surface area (TPSA) is 66.8 Å². The van der Waals surface area contributed by atoms with E-state index in [4.69, 9.17) is 9.84 Å². The zero-order valence-corrected chi connectivity index (χ0v) is 9.39. The number of morpholine rings is 1. The molecule has 0 aromatic heterocycles. The van der Waals surface area contributed by atoms with Crippen LogP contribution in [0, 0.1) is 11.8 Å². The molecule has 2 fully saturated rings. The zero-order valence-electron chi connectivity index (χ0n) is 9.39. The highest BCUT2D eigenvalue weighted by Crippen LogP contribution is 2.36. The molecule has 1 aliphatic heterocycles. The molecule has 1 saturated heterocycles. The van der Waals surface area contributed by atoms with Crippen LogP contribution in [0.15, 0.2) is 0 Å². The van der Waals surface area contributed by atoms with Crippen LogP contribution in [0.1, 0.15) is 19.8 Å². The summed E-state index contributed by atoms with van der Waals surface area (Å²) in [6, 6.07) is 0.0660. The van der Waals surface area contributed by atoms with Crippen LogP contribution in [0.5, 0.6) is 0 Å². The Hall–Kier alpha value is -1.10. The molecule has 5 heteroatoms. The lowest BCUT2D eigenvalue weighted by atomic mass is 9.72. The fraction of sp³-hybridized carbons (Fsp3) is 0.818. The average Bonchev–Trinajstić information content (AvgIpc) is 2.15. The summed E-state index contributed by atoms with van der Waals surface area (Å²) in [6.07, 6.45) is 1.34. The van der Waals surface area contributed by atoms with Crippen LogP contribution in [0.2, 0.25) is 0 Å². The van der Waals surface area contributed by atoms with Crippen LogP contribution in [0.4, 0.5) is 0 Å². The lowest BCUT2D eigenvalue weighted by Gasteiger charge is -2.40. The van der Waals surface area contributed by atoms with Gasteiger partial charge in [0.2, 0.25) is 5.91 Å². The van der Waals surface area contributed by atoms with Gasteiger partial charge in [0.1, 0.15) is 0 Å². The lowest BCUT2D eigenvalue weighted by Crippen LogP contribution is -2.53. The van der Waals surface area contributed by atoms with Crippen LogP contribution in [0.3, 0.4) is 0 Å². The molecule has 1 N–H and O–H groups in total. The van der Waals surface area contributed by atoms with Gasteiger partial charge in [0.05, 0.1) is 31.1 Å². The highest BCUT2D eigenvalue weighted by molar-refractivity contribution is 5.86. The summed E-state index contributed by atoms with van der Waals surface area (Å²) in [5, 5.41) is 8.92. The Morgan fingerprint density at radius 2 is 2.00 bits per heavy atom. The van der Waals surface area contributed by atoms with Gasteiger partial charge in [0.15, 0.2) is 0 Å². The molecule has 90 valence electrons. The van der Waals surface area contributed by atoms with Crippen molar-refractivity contribution in [1.82, 2.24) is 4.90 Å². The van der Waals surface area contributed by atoms with E-state index in [0.29, 0.717) is 32.6 Å². The Balaban J connectivity index is 1.99. The summed E-state index contributed by atoms with van der Waals surface area (Å²) in [4.78, 5) is 24.7. The Kier molecular flexibility index (Phi) is 3.14. The van der Waals surface area contributed by atoms with E-state index >= 15 is 0 Å². The fourth-order valence-electron chi connectivity index (χ4n) is 2.36. The summed E-state index contributed by atoms with van der Waals surface area (Å²) in [7, 11) is 0. The molecule has 16 heavy (non-hydrogen) atoms. The number of hydrogen-bond donors (Lipinski definition) is 1. The molecular formula is C11H17NO4. The Labute approximate surface area is 94.4 Å². The van der Waals surface area contributed by atoms with Gasteiger partial charge in [-0.2, -0.15) is 0 Å². The minimum Gasteiger partial charge on any atom is -0.481 e. The molecule has 5 nitrogen and oxygen atoms in total. The Morgan fingerprint density at radius 3 is 2.50 bits per heavy atom. The highest BCUT2D eigenvalue weighted by Gasteiger charge is 2.44. The Bertz CT molecular complexity index is 304. The molecule has 0 aromatic carbocycles. The largest absolute Gasteiger partial charge is 0.481 e. The van der Waals surface area contributed by atoms with E-state index in [-0.39, 0.29) is 17.9 Å². The zero-order chi connectivity index (χ0) is 11.7. The minimum absolute atomic E-state index is 0.00514. The molecule has 0 aromatic rings. The van der Waals surface area contributed by atoms with E-state index in [1.807, 2.05) is 6.92 Å². The Morgan fingerprint density at radius 1 is 1.31 bits per heavy atom. The van der Waals surface area contributed by atoms with Crippen LogP contribution in [-0.4, -0.2) is 47.7 Å². The lowest BCUT2D eigenvalue weighted by molar-refractivity contribution is -0.160. The van der Waals surface area contributed by atoms with Crippen molar-refractivity contribution in [3.8, 4) is 0 Å². The van der Waals surface area contributed by atoms with Gasteiger partial charge in [-0.15, -0.1) is 0 Å². The van der Waals surface area contributed by atoms with Gasteiger partial charge in [0.25, 0.3) is 0 Å². The van der Waals surface area contributed by atoms with Crippen molar-refractivity contribution in [3.05, 3.63) is 0 Å². The third-order valence-corrected chi connectivity index (χ3v) is 3.56. The summed E-state index contributed by atoms with van der Waals surface area (Å²) in [6.45, 7) is 3.63. The molecule has 2 rings (SSSR count). The van der Waals surface area contributed by atoms with Crippen molar-refractivity contribution in [2.45, 2.75) is 25.8 Å². The maximum atomic E-state index is 12.1. The van der Waals surface area contributed by atoms with Gasteiger partial charge >= 0.3 is 5.97 Å². The number of ether oxygens (including phenoxy) is 1. The number of amides is 1. The maximum Gasteiger partial charge on any atom is 0.307 e. The third kappa shape index (κ3) is 1.91. The van der Waals surface area contributed by atoms with E-state index < -0.39 is 11.9 Å². The number of nitrogens with zero attached hydrogens (tertiary/aromatic N) is 1. The molecule has 1 aliphatic carbocycles. The summed E-state index contributed by atoms with van der Waals surface area (Å²) in [5.41, 5.74) is 0. The number of carbonyl (C=O) groups excluding carboxylic acids is 1. The standard InChI is InChI=1S/C11H17NO4/c1-7-6-16-5-4-12(7)10(13)8-2-3-9(8)11(14)15/h7-9H,2-6H2,1H3,(H,14,15). The van der Waals surface area contributed by atoms with Gasteiger partial charge in [0, 0.05) is 6.54 Å². The summed E-state index contributed by atoms with van der Waals surface area (Å²) < 4.78 is 5.26. The molecule has 0 spiro atoms. The molecule has 1 heterocycles. The van der Waals surface area contributed by atoms with E-state index in [0.717, 1.165) is 0 Å². The maximum absolute atomic E-state index is 12.1. The number of aliphatic carboxylic acids is 1. The molecular weight excluding hydrogens is 210 g/mol. The van der Waals surface area contributed by atoms with Crippen LogP contribution < -0.4 is 0 Å². The molecule has 3 unspecified atom stereocenters. The van der Waals surface area contributed by atoms with E-state index in [2.05, 4.69) is 0 Å². The van der Waals surface area contributed by atoms with Crippen molar-refractivity contribution >= 4 is 11.9 Å². The minimum atomic E-state index is -0.842. The monoisotopic (exact) mass is 227 g/mol. The SMILES string of the molecule is CC1COCCN1C(=O)C1CCC1C(=O)O. The van der Waals surface area contributed by atoms with E-state index in [1.165, 1.54) is 0 Å². The second-order valence-electron chi connectivity index (χ2n) is 4.58. The predicted octanol–water partition coefficient (Wildman–Crippen LogP) is 0.344. The molecule has 1 saturated carbocycles. The normalized spacial score (nSPS) is 34.3. The number of carbonyl (C=O) groups is 2. The second kappa shape index (κ2) is 4.41. The van der Waals surface area contributed by atoms with E-state index in [9.17, 15) is 9.59 Å². The predicted molar refractivity (Wildman–Crippen MR) is 55.8 cm³/mol. The fourth-order valence-corrected chi connectivity index (χ4v) is 2.36. The number of rotatable bonds is 2. The summed E-state index contributed by atoms with van der Waals surface area (Å²) >= 11 is 0. The second-order valence-corrected chi connectivity index (χ2v) is 4.58. The quantitative estimate of drug-likeness (QED) is 0.739. The molecule has 0 bridgehead atoms. The first-order chi connectivity index (χ1) is 7.61. The molecule has 1 amide bonds. The van der Waals surface area contributed by atoms with Crippen molar-refractivity contribution in [3.63, 3.8) is 0 Å². The molecule has 0 radical (unpaired) electrons. The molecule has 2 aliphatic rings. The van der Waals surface area contributed by atoms with Crippen molar-refractivity contribution < 1.29 is 19.4 Å². The average molecular weight is 227 g/mol. The highest BCUT2D eigenvalue weighted by atomic mass is 16.5. The van der Waals surface area contributed by atoms with Gasteiger partial charge in [-0.05, 0) is 19.8 Å². The van der Waals surface area contributed by atoms with Crippen LogP contribution >= 0.6 is 0 Å². The van der Waals surface area contributed by atoms with Gasteiger partial charge < -0.3 is 14.7 Å². The van der Waals surface area contributed by atoms with Crippen molar-refractivity contribution in [1.29, 1.82) is 0 Å².